The van der Waals surface area contributed by atoms with Crippen LogP contribution in [0.25, 0.3) is 6.08 Å². The number of benzene rings is 2. The van der Waals surface area contributed by atoms with E-state index in [1.165, 1.54) is 18.6 Å². The van der Waals surface area contributed by atoms with E-state index in [1.54, 1.807) is 24.3 Å². The first-order chi connectivity index (χ1) is 17.2. The second kappa shape index (κ2) is 12.3. The zero-order chi connectivity index (χ0) is 26.1. The average Bonchev–Trinajstić information content (AvgIpc) is 3.33. The summed E-state index contributed by atoms with van der Waals surface area (Å²) in [5.41, 5.74) is 2.75. The maximum absolute atomic E-state index is 12.4. The van der Waals surface area contributed by atoms with Gasteiger partial charge >= 0.3 is 0 Å². The Morgan fingerprint density at radius 2 is 1.86 bits per heavy atom. The molecule has 1 aromatic heterocycles. The maximum atomic E-state index is 12.4. The molecule has 1 heterocycles. The lowest BCUT2D eigenvalue weighted by atomic mass is 10.1. The quantitative estimate of drug-likeness (QED) is 0.222. The zero-order valence-corrected chi connectivity index (χ0v) is 21.8. The lowest BCUT2D eigenvalue weighted by Crippen LogP contribution is -2.13. The van der Waals surface area contributed by atoms with Gasteiger partial charge in [-0.2, -0.15) is 14.6 Å². The molecular weight excluding hydrogens is 500 g/mol. The van der Waals surface area contributed by atoms with Crippen LogP contribution >= 0.6 is 11.5 Å². The van der Waals surface area contributed by atoms with Gasteiger partial charge in [0.2, 0.25) is 15.0 Å². The first-order valence-corrected chi connectivity index (χ1v) is 13.6. The van der Waals surface area contributed by atoms with Crippen LogP contribution in [-0.2, 0) is 14.6 Å². The molecule has 11 heteroatoms. The van der Waals surface area contributed by atoms with Crippen molar-refractivity contribution in [3.63, 3.8) is 0 Å². The van der Waals surface area contributed by atoms with Gasteiger partial charge in [-0.25, -0.2) is 8.42 Å². The Hall–Kier alpha value is -3.75. The van der Waals surface area contributed by atoms with E-state index >= 15 is 0 Å². The summed E-state index contributed by atoms with van der Waals surface area (Å²) >= 11 is 0.733. The lowest BCUT2D eigenvalue weighted by molar-refractivity contribution is -0.112. The molecule has 0 unspecified atom stereocenters. The molecule has 0 aliphatic carbocycles. The summed E-state index contributed by atoms with van der Waals surface area (Å²) in [5.74, 6) is 0.658. The van der Waals surface area contributed by atoms with Gasteiger partial charge in [-0.15, -0.1) is 0 Å². The van der Waals surface area contributed by atoms with Crippen LogP contribution in [0.4, 0.5) is 5.13 Å². The van der Waals surface area contributed by atoms with Crippen LogP contribution in [-0.4, -0.2) is 42.6 Å². The number of hydrogen-bond donors (Lipinski definition) is 1. The third-order valence-electron chi connectivity index (χ3n) is 4.99. The molecule has 0 fully saturated rings. The monoisotopic (exact) mass is 526 g/mol. The average molecular weight is 527 g/mol. The van der Waals surface area contributed by atoms with Crippen molar-refractivity contribution in [1.82, 2.24) is 9.36 Å². The van der Waals surface area contributed by atoms with E-state index in [1.807, 2.05) is 32.0 Å². The van der Waals surface area contributed by atoms with Gasteiger partial charge in [0, 0.05) is 18.0 Å². The third-order valence-corrected chi connectivity index (χ3v) is 7.23. The minimum atomic E-state index is -3.58. The highest BCUT2D eigenvalue weighted by atomic mass is 32.2. The number of aryl methyl sites for hydroxylation is 2. The van der Waals surface area contributed by atoms with Gasteiger partial charge in [0.15, 0.2) is 0 Å². The van der Waals surface area contributed by atoms with E-state index in [9.17, 15) is 18.5 Å². The lowest BCUT2D eigenvalue weighted by Gasteiger charge is -2.10. The van der Waals surface area contributed by atoms with Crippen LogP contribution in [0.5, 0.6) is 11.5 Å². The van der Waals surface area contributed by atoms with Gasteiger partial charge in [-0.05, 0) is 49.2 Å². The molecule has 1 N–H and O–H groups in total. The molecule has 0 bridgehead atoms. The van der Waals surface area contributed by atoms with E-state index in [-0.39, 0.29) is 21.6 Å². The summed E-state index contributed by atoms with van der Waals surface area (Å²) in [5, 5.41) is 11.5. The van der Waals surface area contributed by atoms with E-state index < -0.39 is 15.7 Å². The number of nitriles is 1. The Morgan fingerprint density at radius 3 is 2.53 bits per heavy atom. The fourth-order valence-corrected chi connectivity index (χ4v) is 4.63. The van der Waals surface area contributed by atoms with Crippen molar-refractivity contribution in [2.24, 2.45) is 0 Å². The molecule has 9 nitrogen and oxygen atoms in total. The number of amides is 1. The van der Waals surface area contributed by atoms with Crippen molar-refractivity contribution in [1.29, 1.82) is 5.26 Å². The second-order valence-electron chi connectivity index (χ2n) is 7.80. The number of sulfone groups is 1. The van der Waals surface area contributed by atoms with Crippen LogP contribution in [0, 0.1) is 25.2 Å². The minimum Gasteiger partial charge on any atom is -0.493 e. The maximum Gasteiger partial charge on any atom is 0.268 e. The van der Waals surface area contributed by atoms with E-state index in [0.29, 0.717) is 30.9 Å². The SMILES string of the molecule is CCS(=O)(=O)c1nsc(NC(=O)C(C#N)=Cc2ccc(OCCCOc3ccc(C)cc3C)cc2)n1. The number of aromatic nitrogens is 2. The molecule has 188 valence electrons. The van der Waals surface area contributed by atoms with E-state index in [4.69, 9.17) is 9.47 Å². The number of carbonyl (C=O) groups excluding carboxylic acids is 1. The van der Waals surface area contributed by atoms with Crippen LogP contribution in [0.15, 0.2) is 53.2 Å². The summed E-state index contributed by atoms with van der Waals surface area (Å²) in [7, 11) is -3.58. The molecule has 0 saturated heterocycles. The van der Waals surface area contributed by atoms with Crippen LogP contribution in [0.2, 0.25) is 0 Å². The normalized spacial score (nSPS) is 11.6. The van der Waals surface area contributed by atoms with Crippen molar-refractivity contribution in [3.05, 3.63) is 64.7 Å². The van der Waals surface area contributed by atoms with Gasteiger partial charge in [-0.1, -0.05) is 36.8 Å². The van der Waals surface area contributed by atoms with Gasteiger partial charge < -0.3 is 9.47 Å². The van der Waals surface area contributed by atoms with Crippen LogP contribution < -0.4 is 14.8 Å². The fraction of sp³-hybridized carbons (Fsp3) is 0.280. The molecule has 3 rings (SSSR count). The molecule has 0 aliphatic rings. The smallest absolute Gasteiger partial charge is 0.268 e. The molecule has 0 atom stereocenters. The number of nitrogens with one attached hydrogen (secondary N) is 1. The highest BCUT2D eigenvalue weighted by Crippen LogP contribution is 2.20. The van der Waals surface area contributed by atoms with Gasteiger partial charge in [0.05, 0.1) is 19.0 Å². The Labute approximate surface area is 214 Å². The highest BCUT2D eigenvalue weighted by molar-refractivity contribution is 7.91. The topological polar surface area (TPSA) is 131 Å². The molecule has 2 aromatic carbocycles. The van der Waals surface area contributed by atoms with E-state index in [0.717, 1.165) is 22.8 Å². The number of ether oxygens (including phenoxy) is 2. The molecular formula is C25H26N4O5S2. The predicted molar refractivity (Wildman–Crippen MR) is 138 cm³/mol. The van der Waals surface area contributed by atoms with Crippen LogP contribution in [0.3, 0.4) is 0 Å². The molecule has 0 saturated carbocycles. The predicted octanol–water partition coefficient (Wildman–Crippen LogP) is 4.34. The molecule has 0 aliphatic heterocycles. The second-order valence-corrected chi connectivity index (χ2v) is 10.7. The third kappa shape index (κ3) is 7.37. The summed E-state index contributed by atoms with van der Waals surface area (Å²) in [4.78, 5) is 16.3. The fourth-order valence-electron chi connectivity index (χ4n) is 3.05. The first-order valence-electron chi connectivity index (χ1n) is 11.1. The first kappa shape index (κ1) is 26.8. The standard InChI is InChI=1S/C25H26N4O5S2/c1-4-36(31,32)25-28-24(35-29-25)27-23(30)20(16-26)15-19-7-9-21(10-8-19)33-12-5-13-34-22-11-6-17(2)14-18(22)3/h6-11,14-15H,4-5,12-13H2,1-3H3,(H,27,28,29,30). The van der Waals surface area contributed by atoms with Crippen molar-refractivity contribution in [2.75, 3.05) is 24.3 Å². The van der Waals surface area contributed by atoms with Crippen molar-refractivity contribution >= 4 is 38.5 Å². The summed E-state index contributed by atoms with van der Waals surface area (Å²) in [6.45, 7) is 6.54. The van der Waals surface area contributed by atoms with Crippen molar-refractivity contribution in [3.8, 4) is 17.6 Å². The van der Waals surface area contributed by atoms with Gasteiger partial charge in [0.1, 0.15) is 23.1 Å². The number of nitrogens with zero attached hydrogens (tertiary/aromatic N) is 3. The Balaban J connectivity index is 1.50. The van der Waals surface area contributed by atoms with E-state index in [2.05, 4.69) is 20.7 Å². The zero-order valence-electron chi connectivity index (χ0n) is 20.1. The number of anilines is 1. The Kier molecular flexibility index (Phi) is 9.16. The van der Waals surface area contributed by atoms with Crippen molar-refractivity contribution < 1.29 is 22.7 Å². The number of carbonyl (C=O) groups is 1. The summed E-state index contributed by atoms with van der Waals surface area (Å²) in [6.07, 6.45) is 2.13. The number of rotatable bonds is 11. The van der Waals surface area contributed by atoms with Crippen molar-refractivity contribution in [2.45, 2.75) is 32.3 Å². The summed E-state index contributed by atoms with van der Waals surface area (Å²) in [6, 6.07) is 14.9. The highest BCUT2D eigenvalue weighted by Gasteiger charge is 2.20. The Bertz CT molecular complexity index is 1390. The number of hydrogen-bond acceptors (Lipinski definition) is 9. The largest absolute Gasteiger partial charge is 0.493 e. The summed E-state index contributed by atoms with van der Waals surface area (Å²) < 4.78 is 38.9. The molecule has 0 spiro atoms. The van der Waals surface area contributed by atoms with Gasteiger partial charge in [-0.3, -0.25) is 10.1 Å². The minimum absolute atomic E-state index is 0.00144. The Morgan fingerprint density at radius 1 is 1.14 bits per heavy atom. The molecule has 0 radical (unpaired) electrons. The molecule has 3 aromatic rings. The van der Waals surface area contributed by atoms with Gasteiger partial charge in [0.25, 0.3) is 11.1 Å². The van der Waals surface area contributed by atoms with Crippen LogP contribution in [0.1, 0.15) is 30.0 Å². The molecule has 1 amide bonds. The molecule has 36 heavy (non-hydrogen) atoms.